The average molecular weight is 403 g/mol. The lowest BCUT2D eigenvalue weighted by molar-refractivity contribution is -0.158. The number of amides is 1. The van der Waals surface area contributed by atoms with Crippen LogP contribution in [0.25, 0.3) is 0 Å². The fraction of sp³-hybridized carbons (Fsp3) is 0.409. The summed E-state index contributed by atoms with van der Waals surface area (Å²) in [5.74, 6) is -2.48. The number of hydrogen-bond acceptors (Lipinski definition) is 6. The van der Waals surface area contributed by atoms with Gasteiger partial charge in [-0.15, -0.1) is 6.58 Å². The second kappa shape index (κ2) is 11.7. The van der Waals surface area contributed by atoms with E-state index in [4.69, 9.17) is 14.2 Å². The molecule has 2 atom stereocenters. The van der Waals surface area contributed by atoms with Gasteiger partial charge < -0.3 is 19.5 Å². The van der Waals surface area contributed by atoms with Crippen LogP contribution in [0, 0.1) is 5.92 Å². The summed E-state index contributed by atoms with van der Waals surface area (Å²) in [5.41, 5.74) is 0.0191. The summed E-state index contributed by atoms with van der Waals surface area (Å²) in [6, 6.07) is 7.82. The maximum atomic E-state index is 12.7. The lowest BCUT2D eigenvalue weighted by atomic mass is 9.96. The van der Waals surface area contributed by atoms with Gasteiger partial charge in [-0.3, -0.25) is 4.79 Å². The van der Waals surface area contributed by atoms with E-state index in [9.17, 15) is 14.4 Å². The van der Waals surface area contributed by atoms with E-state index in [-0.39, 0.29) is 19.6 Å². The Labute approximate surface area is 171 Å². The van der Waals surface area contributed by atoms with Crippen LogP contribution in [-0.2, 0) is 30.4 Å². The molecule has 0 aliphatic carbocycles. The predicted octanol–water partition coefficient (Wildman–Crippen LogP) is 3.54. The maximum absolute atomic E-state index is 12.7. The Morgan fingerprint density at radius 3 is 2.24 bits per heavy atom. The summed E-state index contributed by atoms with van der Waals surface area (Å²) in [7, 11) is 0. The lowest BCUT2D eigenvalue weighted by Gasteiger charge is -2.26. The van der Waals surface area contributed by atoms with Crippen molar-refractivity contribution in [1.82, 2.24) is 5.32 Å². The maximum Gasteiger partial charge on any atom is 0.408 e. The van der Waals surface area contributed by atoms with Gasteiger partial charge in [0.2, 0.25) is 0 Å². The lowest BCUT2D eigenvalue weighted by Crippen LogP contribution is -2.50. The highest BCUT2D eigenvalue weighted by atomic mass is 16.6. The zero-order valence-corrected chi connectivity index (χ0v) is 17.2. The van der Waals surface area contributed by atoms with E-state index >= 15 is 0 Å². The molecular formula is C22H29NO6. The molecule has 0 saturated carbocycles. The van der Waals surface area contributed by atoms with Gasteiger partial charge in [0.05, 0.1) is 5.92 Å². The van der Waals surface area contributed by atoms with E-state index in [2.05, 4.69) is 18.5 Å². The third-order valence-corrected chi connectivity index (χ3v) is 3.62. The smallest absolute Gasteiger partial charge is 0.408 e. The van der Waals surface area contributed by atoms with Crippen molar-refractivity contribution < 1.29 is 28.6 Å². The Balaban J connectivity index is 2.98. The Kier molecular flexibility index (Phi) is 9.65. The number of esters is 2. The van der Waals surface area contributed by atoms with Gasteiger partial charge >= 0.3 is 18.0 Å². The molecule has 0 fully saturated rings. The number of allylic oxidation sites excluding steroid dienone is 1. The molecule has 0 heterocycles. The van der Waals surface area contributed by atoms with Crippen LogP contribution in [0.1, 0.15) is 32.8 Å². The van der Waals surface area contributed by atoms with E-state index in [0.29, 0.717) is 0 Å². The van der Waals surface area contributed by atoms with Gasteiger partial charge in [-0.2, -0.15) is 0 Å². The van der Waals surface area contributed by atoms with Crippen LogP contribution in [0.5, 0.6) is 0 Å². The zero-order valence-electron chi connectivity index (χ0n) is 17.2. The Hall–Kier alpha value is -3.09. The number of rotatable bonds is 10. The van der Waals surface area contributed by atoms with Crippen LogP contribution in [0.3, 0.4) is 0 Å². The largest absolute Gasteiger partial charge is 0.461 e. The highest BCUT2D eigenvalue weighted by Gasteiger charge is 2.37. The van der Waals surface area contributed by atoms with E-state index in [1.807, 2.05) is 30.3 Å². The van der Waals surface area contributed by atoms with Crippen molar-refractivity contribution in [2.24, 2.45) is 5.92 Å². The number of hydrogen-bond donors (Lipinski definition) is 1. The highest BCUT2D eigenvalue weighted by molar-refractivity contribution is 5.88. The number of benzene rings is 1. The van der Waals surface area contributed by atoms with Crippen molar-refractivity contribution in [2.75, 3.05) is 6.61 Å². The summed E-state index contributed by atoms with van der Waals surface area (Å²) in [4.78, 5) is 37.4. The highest BCUT2D eigenvalue weighted by Crippen LogP contribution is 2.17. The van der Waals surface area contributed by atoms with E-state index in [1.165, 1.54) is 12.2 Å². The van der Waals surface area contributed by atoms with E-state index in [1.54, 1.807) is 20.8 Å². The molecular weight excluding hydrogens is 374 g/mol. The third kappa shape index (κ3) is 9.10. The van der Waals surface area contributed by atoms with Crippen molar-refractivity contribution in [3.05, 3.63) is 61.2 Å². The Morgan fingerprint density at radius 1 is 1.03 bits per heavy atom. The summed E-state index contributed by atoms with van der Waals surface area (Å²) in [5, 5.41) is 2.43. The molecule has 1 amide bonds. The molecule has 1 rings (SSSR count). The van der Waals surface area contributed by atoms with Gasteiger partial charge in [0, 0.05) is 0 Å². The number of carbonyl (C=O) groups excluding carboxylic acids is 3. The van der Waals surface area contributed by atoms with Crippen molar-refractivity contribution >= 4 is 18.0 Å². The van der Waals surface area contributed by atoms with Gasteiger partial charge in [0.15, 0.2) is 0 Å². The van der Waals surface area contributed by atoms with Crippen LogP contribution in [0.4, 0.5) is 4.79 Å². The number of nitrogens with one attached hydrogen (secondary N) is 1. The first-order chi connectivity index (χ1) is 13.7. The van der Waals surface area contributed by atoms with E-state index in [0.717, 1.165) is 5.56 Å². The van der Waals surface area contributed by atoms with Gasteiger partial charge in [-0.05, 0) is 32.8 Å². The molecule has 1 aromatic rings. The monoisotopic (exact) mass is 403 g/mol. The average Bonchev–Trinajstić information content (AvgIpc) is 2.66. The number of alkyl carbamates (subject to hydrolysis) is 1. The zero-order chi connectivity index (χ0) is 21.9. The predicted molar refractivity (Wildman–Crippen MR) is 109 cm³/mol. The molecule has 0 aliphatic heterocycles. The third-order valence-electron chi connectivity index (χ3n) is 3.62. The molecule has 0 aliphatic rings. The minimum absolute atomic E-state index is 0.0359. The summed E-state index contributed by atoms with van der Waals surface area (Å²) >= 11 is 0. The minimum atomic E-state index is -1.30. The first-order valence-electron chi connectivity index (χ1n) is 9.26. The molecule has 0 bridgehead atoms. The molecule has 29 heavy (non-hydrogen) atoms. The molecule has 1 unspecified atom stereocenters. The van der Waals surface area contributed by atoms with Gasteiger partial charge in [-0.1, -0.05) is 49.1 Å². The first kappa shape index (κ1) is 23.9. The van der Waals surface area contributed by atoms with Gasteiger partial charge in [0.1, 0.15) is 24.9 Å². The Bertz CT molecular complexity index is 708. The van der Waals surface area contributed by atoms with Crippen molar-refractivity contribution in [1.29, 1.82) is 0 Å². The Morgan fingerprint density at radius 2 is 1.69 bits per heavy atom. The van der Waals surface area contributed by atoms with Crippen molar-refractivity contribution in [2.45, 2.75) is 45.4 Å². The molecule has 7 nitrogen and oxygen atoms in total. The molecule has 7 heteroatoms. The fourth-order valence-corrected chi connectivity index (χ4v) is 2.37. The summed E-state index contributed by atoms with van der Waals surface area (Å²) < 4.78 is 15.6. The second-order valence-electron chi connectivity index (χ2n) is 7.27. The quantitative estimate of drug-likeness (QED) is 0.365. The molecule has 0 saturated heterocycles. The molecule has 1 aromatic carbocycles. The van der Waals surface area contributed by atoms with Gasteiger partial charge in [0.25, 0.3) is 0 Å². The minimum Gasteiger partial charge on any atom is -0.461 e. The SMILES string of the molecule is C=CCOC(=O)C(NC(=O)OC(C)(C)C)[C@H](CC=C)C(=O)OCc1ccccc1. The van der Waals surface area contributed by atoms with Crippen LogP contribution < -0.4 is 5.32 Å². The van der Waals surface area contributed by atoms with Crippen molar-refractivity contribution in [3.63, 3.8) is 0 Å². The molecule has 0 spiro atoms. The van der Waals surface area contributed by atoms with Gasteiger partial charge in [-0.25, -0.2) is 9.59 Å². The van der Waals surface area contributed by atoms with Crippen molar-refractivity contribution in [3.8, 4) is 0 Å². The molecule has 1 N–H and O–H groups in total. The van der Waals surface area contributed by atoms with Crippen LogP contribution in [0.2, 0.25) is 0 Å². The van der Waals surface area contributed by atoms with Crippen LogP contribution in [-0.4, -0.2) is 36.3 Å². The first-order valence-corrected chi connectivity index (χ1v) is 9.26. The fourth-order valence-electron chi connectivity index (χ4n) is 2.37. The normalized spacial score (nSPS) is 12.8. The second-order valence-corrected chi connectivity index (χ2v) is 7.27. The summed E-state index contributed by atoms with van der Waals surface area (Å²) in [6.45, 7) is 12.1. The molecule has 0 aromatic heterocycles. The number of ether oxygens (including phenoxy) is 3. The topological polar surface area (TPSA) is 90.9 Å². The number of carbonyl (C=O) groups is 3. The van der Waals surface area contributed by atoms with E-state index < -0.39 is 35.6 Å². The summed E-state index contributed by atoms with van der Waals surface area (Å²) in [6.07, 6.45) is 2.11. The molecule has 158 valence electrons. The molecule has 0 radical (unpaired) electrons. The van der Waals surface area contributed by atoms with Crippen LogP contribution in [0.15, 0.2) is 55.6 Å². The standard InChI is InChI=1S/C22H29NO6/c1-6-11-17(19(24)28-15-16-12-9-8-10-13-16)18(20(25)27-14-7-2)23-21(26)29-22(3,4)5/h6-10,12-13,17-18H,1-2,11,14-15H2,3-5H3,(H,23,26)/t17-,18?/m0/s1. The van der Waals surface area contributed by atoms with Crippen LogP contribution >= 0.6 is 0 Å².